The molecule has 1 aliphatic carbocycles. The highest BCUT2D eigenvalue weighted by Gasteiger charge is 2.23. The molecule has 2 nitrogen and oxygen atoms in total. The lowest BCUT2D eigenvalue weighted by atomic mass is 10.1. The van der Waals surface area contributed by atoms with Crippen molar-refractivity contribution in [2.75, 3.05) is 0 Å². The van der Waals surface area contributed by atoms with Crippen molar-refractivity contribution in [2.24, 2.45) is 0 Å². The van der Waals surface area contributed by atoms with Crippen LogP contribution in [0.25, 0.3) is 0 Å². The summed E-state index contributed by atoms with van der Waals surface area (Å²) in [4.78, 5) is 11.7. The Morgan fingerprint density at radius 3 is 2.61 bits per heavy atom. The minimum absolute atomic E-state index is 0.0479. The molecule has 0 heterocycles. The first-order valence-corrected chi connectivity index (χ1v) is 6.65. The third kappa shape index (κ3) is 5.67. The fourth-order valence-electron chi connectivity index (χ4n) is 1.46. The lowest BCUT2D eigenvalue weighted by Crippen LogP contribution is -2.25. The zero-order valence-corrected chi connectivity index (χ0v) is 11.4. The monoisotopic (exact) mass is 245 g/mol. The van der Waals surface area contributed by atoms with Gasteiger partial charge in [-0.15, -0.1) is 0 Å². The van der Waals surface area contributed by atoms with Crippen LogP contribution in [0.3, 0.4) is 0 Å². The Hall–Kier alpha value is -1.57. The number of carbonyl (C=O) groups excluding carboxylic acids is 1. The van der Waals surface area contributed by atoms with Crippen molar-refractivity contribution in [2.45, 2.75) is 45.6 Å². The summed E-state index contributed by atoms with van der Waals surface area (Å²) in [6.45, 7) is 7.92. The second kappa shape index (κ2) is 7.70. The van der Waals surface area contributed by atoms with Crippen LogP contribution in [0.15, 0.2) is 48.1 Å². The first kappa shape index (κ1) is 14.5. The van der Waals surface area contributed by atoms with Gasteiger partial charge < -0.3 is 5.32 Å². The van der Waals surface area contributed by atoms with Gasteiger partial charge in [0.15, 0.2) is 0 Å². The minimum Gasteiger partial charge on any atom is -0.349 e. The molecule has 1 N–H and O–H groups in total. The molecule has 1 saturated carbocycles. The molecule has 0 bridgehead atoms. The molecule has 98 valence electrons. The van der Waals surface area contributed by atoms with Gasteiger partial charge in [0.25, 0.3) is 5.91 Å². The molecule has 0 spiro atoms. The van der Waals surface area contributed by atoms with Crippen LogP contribution < -0.4 is 5.32 Å². The van der Waals surface area contributed by atoms with Gasteiger partial charge in [-0.2, -0.15) is 0 Å². The van der Waals surface area contributed by atoms with E-state index < -0.39 is 0 Å². The third-order valence-corrected chi connectivity index (χ3v) is 2.83. The van der Waals surface area contributed by atoms with E-state index in [4.69, 9.17) is 0 Å². The van der Waals surface area contributed by atoms with E-state index in [1.54, 1.807) is 6.08 Å². The van der Waals surface area contributed by atoms with E-state index in [1.165, 1.54) is 5.57 Å². The summed E-state index contributed by atoms with van der Waals surface area (Å²) < 4.78 is 0. The normalized spacial score (nSPS) is 16.4. The van der Waals surface area contributed by atoms with Crippen LogP contribution in [0.4, 0.5) is 0 Å². The summed E-state index contributed by atoms with van der Waals surface area (Å²) in [5, 5.41) is 2.92. The van der Waals surface area contributed by atoms with Crippen LogP contribution in [0.5, 0.6) is 0 Å². The van der Waals surface area contributed by atoms with Crippen LogP contribution in [0, 0.1) is 0 Å². The first-order chi connectivity index (χ1) is 8.67. The smallest absolute Gasteiger partial charge is 0.250 e. The summed E-state index contributed by atoms with van der Waals surface area (Å²) in [6, 6.07) is 0.385. The Balaban J connectivity index is 2.41. The number of hydrogen-bond donors (Lipinski definition) is 1. The molecule has 1 fully saturated rings. The van der Waals surface area contributed by atoms with Gasteiger partial charge in [-0.05, 0) is 44.3 Å². The van der Waals surface area contributed by atoms with Crippen LogP contribution in [-0.2, 0) is 4.79 Å². The number of rotatable bonds is 7. The van der Waals surface area contributed by atoms with Gasteiger partial charge in [-0.25, -0.2) is 0 Å². The van der Waals surface area contributed by atoms with Gasteiger partial charge >= 0.3 is 0 Å². The van der Waals surface area contributed by atoms with Gasteiger partial charge in [-0.1, -0.05) is 37.8 Å². The molecule has 0 aromatic rings. The van der Waals surface area contributed by atoms with Crippen molar-refractivity contribution >= 4 is 5.91 Å². The van der Waals surface area contributed by atoms with Crippen molar-refractivity contribution in [1.82, 2.24) is 5.32 Å². The maximum atomic E-state index is 11.7. The fourth-order valence-corrected chi connectivity index (χ4v) is 1.46. The number of amides is 1. The molecular weight excluding hydrogens is 222 g/mol. The highest BCUT2D eigenvalue weighted by Crippen LogP contribution is 2.19. The molecule has 18 heavy (non-hydrogen) atoms. The second-order valence-electron chi connectivity index (χ2n) is 4.55. The van der Waals surface area contributed by atoms with Gasteiger partial charge in [-0.3, -0.25) is 4.79 Å². The Bertz CT molecular complexity index is 384. The molecule has 0 atom stereocenters. The molecule has 0 aromatic carbocycles. The summed E-state index contributed by atoms with van der Waals surface area (Å²) in [5.74, 6) is -0.0479. The van der Waals surface area contributed by atoms with E-state index in [9.17, 15) is 4.79 Å². The Morgan fingerprint density at radius 1 is 1.33 bits per heavy atom. The van der Waals surface area contributed by atoms with Crippen LogP contribution in [-0.4, -0.2) is 11.9 Å². The Kier molecular flexibility index (Phi) is 6.20. The molecule has 1 aliphatic rings. The van der Waals surface area contributed by atoms with Crippen LogP contribution >= 0.6 is 0 Å². The maximum absolute atomic E-state index is 11.7. The molecule has 0 aromatic heterocycles. The second-order valence-corrected chi connectivity index (χ2v) is 4.55. The van der Waals surface area contributed by atoms with E-state index >= 15 is 0 Å². The quantitative estimate of drug-likeness (QED) is 0.414. The fraction of sp³-hybridized carbons (Fsp3) is 0.438. The van der Waals surface area contributed by atoms with Gasteiger partial charge in [0, 0.05) is 11.6 Å². The average molecular weight is 245 g/mol. The molecule has 0 aliphatic heterocycles. The van der Waals surface area contributed by atoms with E-state index in [2.05, 4.69) is 37.0 Å². The molecule has 0 saturated heterocycles. The van der Waals surface area contributed by atoms with Crippen molar-refractivity contribution in [3.05, 3.63) is 48.1 Å². The molecule has 0 radical (unpaired) electrons. The van der Waals surface area contributed by atoms with Crippen molar-refractivity contribution in [3.8, 4) is 0 Å². The van der Waals surface area contributed by atoms with Gasteiger partial charge in [0.1, 0.15) is 0 Å². The summed E-state index contributed by atoms with van der Waals surface area (Å²) >= 11 is 0. The van der Waals surface area contributed by atoms with E-state index in [-0.39, 0.29) is 5.91 Å². The molecule has 2 heteroatoms. The predicted octanol–water partition coefficient (Wildman–Crippen LogP) is 3.68. The largest absolute Gasteiger partial charge is 0.349 e. The average Bonchev–Trinajstić information content (AvgIpc) is 3.17. The van der Waals surface area contributed by atoms with E-state index in [0.29, 0.717) is 11.6 Å². The number of nitrogens with one attached hydrogen (secondary N) is 1. The lowest BCUT2D eigenvalue weighted by molar-refractivity contribution is -0.117. The highest BCUT2D eigenvalue weighted by molar-refractivity contribution is 5.95. The molecular formula is C16H23NO. The summed E-state index contributed by atoms with van der Waals surface area (Å²) in [5.41, 5.74) is 1.72. The van der Waals surface area contributed by atoms with Gasteiger partial charge in [0.05, 0.1) is 0 Å². The summed E-state index contributed by atoms with van der Waals surface area (Å²) in [6.07, 6.45) is 14.3. The molecule has 1 amide bonds. The Morgan fingerprint density at radius 2 is 2.06 bits per heavy atom. The zero-order chi connectivity index (χ0) is 13.4. The zero-order valence-electron chi connectivity index (χ0n) is 11.4. The third-order valence-electron chi connectivity index (χ3n) is 2.83. The number of carbonyl (C=O) groups is 1. The maximum Gasteiger partial charge on any atom is 0.250 e. The van der Waals surface area contributed by atoms with Crippen molar-refractivity contribution in [1.29, 1.82) is 0 Å². The molecule has 0 unspecified atom stereocenters. The SMILES string of the molecule is C=C(C=CC(=CC)CC=CCC)C(=O)NC1CC1. The van der Waals surface area contributed by atoms with Crippen LogP contribution in [0.1, 0.15) is 39.5 Å². The van der Waals surface area contributed by atoms with Crippen LogP contribution in [0.2, 0.25) is 0 Å². The minimum atomic E-state index is -0.0479. The van der Waals surface area contributed by atoms with E-state index in [1.807, 2.05) is 13.0 Å². The molecule has 1 rings (SSSR count). The van der Waals surface area contributed by atoms with E-state index in [0.717, 1.165) is 25.7 Å². The Labute approximate surface area is 110 Å². The highest BCUT2D eigenvalue weighted by atomic mass is 16.1. The first-order valence-electron chi connectivity index (χ1n) is 6.65. The van der Waals surface area contributed by atoms with Gasteiger partial charge in [0.2, 0.25) is 0 Å². The van der Waals surface area contributed by atoms with Crippen molar-refractivity contribution in [3.63, 3.8) is 0 Å². The number of allylic oxidation sites excluding steroid dienone is 5. The lowest BCUT2D eigenvalue weighted by Gasteiger charge is -2.02. The predicted molar refractivity (Wildman–Crippen MR) is 77.2 cm³/mol. The topological polar surface area (TPSA) is 29.1 Å². The van der Waals surface area contributed by atoms with Crippen molar-refractivity contribution < 1.29 is 4.79 Å². The summed E-state index contributed by atoms with van der Waals surface area (Å²) in [7, 11) is 0. The standard InChI is InChI=1S/C16H23NO/c1-4-6-7-8-14(5-2)10-9-13(3)16(18)17-15-11-12-15/h5-7,9-10,15H,3-4,8,11-12H2,1-2H3,(H,17,18). The number of hydrogen-bond acceptors (Lipinski definition) is 1.